The highest BCUT2D eigenvalue weighted by Crippen LogP contribution is 2.15. The lowest BCUT2D eigenvalue weighted by Gasteiger charge is -2.19. The van der Waals surface area contributed by atoms with Gasteiger partial charge in [0.2, 0.25) is 5.91 Å². The molecule has 1 N–H and O–H groups in total. The van der Waals surface area contributed by atoms with Crippen molar-refractivity contribution in [2.45, 2.75) is 13.3 Å². The number of anilines is 1. The summed E-state index contributed by atoms with van der Waals surface area (Å²) in [4.78, 5) is 25.5. The maximum absolute atomic E-state index is 12.1. The normalized spacial score (nSPS) is 18.4. The van der Waals surface area contributed by atoms with Gasteiger partial charge < -0.3 is 5.32 Å². The van der Waals surface area contributed by atoms with E-state index in [4.69, 9.17) is 0 Å². The number of Topliss-reactive ketones (excluding diaryl/α,β-unsaturated/α-hetero) is 1. The first kappa shape index (κ1) is 16.6. The van der Waals surface area contributed by atoms with Crippen LogP contribution >= 0.6 is 0 Å². The molecule has 120 valence electrons. The summed E-state index contributed by atoms with van der Waals surface area (Å²) in [6.07, 6.45) is 0.541. The van der Waals surface area contributed by atoms with Crippen LogP contribution in [-0.4, -0.2) is 56.1 Å². The molecule has 0 atom stereocenters. The van der Waals surface area contributed by atoms with Crippen LogP contribution in [0.15, 0.2) is 24.3 Å². The van der Waals surface area contributed by atoms with Gasteiger partial charge in [-0.25, -0.2) is 8.42 Å². The van der Waals surface area contributed by atoms with Gasteiger partial charge in [0.25, 0.3) is 0 Å². The minimum atomic E-state index is -2.98. The number of carbonyl (C=O) groups excluding carboxylic acids is 2. The quantitative estimate of drug-likeness (QED) is 0.834. The van der Waals surface area contributed by atoms with Crippen LogP contribution in [-0.2, 0) is 14.6 Å². The first-order valence-electron chi connectivity index (χ1n) is 7.20. The van der Waals surface area contributed by atoms with Gasteiger partial charge in [-0.1, -0.05) is 12.1 Å². The molecule has 1 aliphatic heterocycles. The van der Waals surface area contributed by atoms with Crippen molar-refractivity contribution in [2.75, 3.05) is 36.5 Å². The number of nitrogens with one attached hydrogen (secondary N) is 1. The van der Waals surface area contributed by atoms with Crippen LogP contribution in [0.2, 0.25) is 0 Å². The molecular weight excluding hydrogens is 304 g/mol. The van der Waals surface area contributed by atoms with Gasteiger partial charge in [-0.3, -0.25) is 14.5 Å². The van der Waals surface area contributed by atoms with E-state index in [1.807, 2.05) is 4.90 Å². The smallest absolute Gasteiger partial charge is 0.238 e. The molecule has 1 fully saturated rings. The molecule has 0 saturated carbocycles. The van der Waals surface area contributed by atoms with Crippen LogP contribution in [0.1, 0.15) is 23.7 Å². The SMILES string of the molecule is CC(=O)c1ccccc1NC(=O)CN1CCCS(=O)(=O)CC1. The summed E-state index contributed by atoms with van der Waals surface area (Å²) in [5.41, 5.74) is 0.955. The second kappa shape index (κ2) is 7.02. The van der Waals surface area contributed by atoms with Crippen LogP contribution in [0.5, 0.6) is 0 Å². The van der Waals surface area contributed by atoms with Crippen molar-refractivity contribution < 1.29 is 18.0 Å². The predicted molar refractivity (Wildman–Crippen MR) is 84.8 cm³/mol. The Morgan fingerprint density at radius 2 is 1.91 bits per heavy atom. The van der Waals surface area contributed by atoms with E-state index in [0.29, 0.717) is 30.8 Å². The minimum Gasteiger partial charge on any atom is -0.324 e. The Morgan fingerprint density at radius 3 is 2.64 bits per heavy atom. The number of amides is 1. The zero-order valence-electron chi connectivity index (χ0n) is 12.5. The van der Waals surface area contributed by atoms with Crippen molar-refractivity contribution in [3.05, 3.63) is 29.8 Å². The first-order chi connectivity index (χ1) is 10.4. The van der Waals surface area contributed by atoms with Gasteiger partial charge in [0, 0.05) is 12.1 Å². The van der Waals surface area contributed by atoms with Gasteiger partial charge >= 0.3 is 0 Å². The second-order valence-electron chi connectivity index (χ2n) is 5.43. The van der Waals surface area contributed by atoms with E-state index in [1.54, 1.807) is 24.3 Å². The fraction of sp³-hybridized carbons (Fsp3) is 0.467. The fourth-order valence-corrected chi connectivity index (χ4v) is 3.75. The molecule has 2 rings (SSSR count). The molecule has 1 heterocycles. The molecule has 7 heteroatoms. The summed E-state index contributed by atoms with van der Waals surface area (Å²) in [6, 6.07) is 6.84. The van der Waals surface area contributed by atoms with Gasteiger partial charge in [0.05, 0.1) is 23.7 Å². The lowest BCUT2D eigenvalue weighted by molar-refractivity contribution is -0.117. The molecule has 0 radical (unpaired) electrons. The number of ketones is 1. The van der Waals surface area contributed by atoms with E-state index in [1.165, 1.54) is 6.92 Å². The third-order valence-corrected chi connectivity index (χ3v) is 5.31. The number of rotatable bonds is 4. The number of nitrogens with zero attached hydrogens (tertiary/aromatic N) is 1. The molecule has 1 aromatic carbocycles. The Balaban J connectivity index is 1.97. The third-order valence-electron chi connectivity index (χ3n) is 3.60. The fourth-order valence-electron chi connectivity index (χ4n) is 2.44. The summed E-state index contributed by atoms with van der Waals surface area (Å²) in [6.45, 7) is 2.53. The highest BCUT2D eigenvalue weighted by molar-refractivity contribution is 7.91. The second-order valence-corrected chi connectivity index (χ2v) is 7.74. The van der Waals surface area contributed by atoms with Gasteiger partial charge in [-0.2, -0.15) is 0 Å². The average molecular weight is 324 g/mol. The Bertz CT molecular complexity index is 670. The van der Waals surface area contributed by atoms with E-state index >= 15 is 0 Å². The van der Waals surface area contributed by atoms with Crippen molar-refractivity contribution in [3.63, 3.8) is 0 Å². The van der Waals surface area contributed by atoms with Gasteiger partial charge in [-0.05, 0) is 32.0 Å². The van der Waals surface area contributed by atoms with Crippen LogP contribution in [0.25, 0.3) is 0 Å². The molecule has 0 unspecified atom stereocenters. The monoisotopic (exact) mass is 324 g/mol. The van der Waals surface area contributed by atoms with Crippen molar-refractivity contribution in [2.24, 2.45) is 0 Å². The third kappa shape index (κ3) is 4.64. The molecule has 0 bridgehead atoms. The summed E-state index contributed by atoms with van der Waals surface area (Å²) < 4.78 is 23.1. The molecule has 1 amide bonds. The standard InChI is InChI=1S/C15H20N2O4S/c1-12(18)13-5-2-3-6-14(13)16-15(19)11-17-7-4-9-22(20,21)10-8-17/h2-3,5-6H,4,7-11H2,1H3,(H,16,19). The molecule has 1 saturated heterocycles. The van der Waals surface area contributed by atoms with E-state index in [9.17, 15) is 18.0 Å². The van der Waals surface area contributed by atoms with Crippen molar-refractivity contribution in [3.8, 4) is 0 Å². The Labute approximate surface area is 130 Å². The minimum absolute atomic E-state index is 0.0876. The highest BCUT2D eigenvalue weighted by Gasteiger charge is 2.21. The summed E-state index contributed by atoms with van der Waals surface area (Å²) >= 11 is 0. The number of hydrogen-bond donors (Lipinski definition) is 1. The lowest BCUT2D eigenvalue weighted by Crippen LogP contribution is -2.35. The zero-order valence-corrected chi connectivity index (χ0v) is 13.4. The van der Waals surface area contributed by atoms with Crippen molar-refractivity contribution >= 4 is 27.2 Å². The first-order valence-corrected chi connectivity index (χ1v) is 9.02. The number of hydrogen-bond acceptors (Lipinski definition) is 5. The molecule has 22 heavy (non-hydrogen) atoms. The number of benzene rings is 1. The number of sulfone groups is 1. The van der Waals surface area contributed by atoms with Crippen LogP contribution < -0.4 is 5.32 Å². The molecule has 0 aliphatic carbocycles. The molecule has 1 aliphatic rings. The zero-order chi connectivity index (χ0) is 16.2. The average Bonchev–Trinajstić information content (AvgIpc) is 2.60. The van der Waals surface area contributed by atoms with Gasteiger partial charge in [0.1, 0.15) is 0 Å². The topological polar surface area (TPSA) is 83.6 Å². The van der Waals surface area contributed by atoms with Gasteiger partial charge in [0.15, 0.2) is 15.6 Å². The number of para-hydroxylation sites is 1. The maximum atomic E-state index is 12.1. The summed E-state index contributed by atoms with van der Waals surface area (Å²) in [7, 11) is -2.98. The maximum Gasteiger partial charge on any atom is 0.238 e. The number of carbonyl (C=O) groups is 2. The van der Waals surface area contributed by atoms with Crippen LogP contribution in [0.4, 0.5) is 5.69 Å². The summed E-state index contributed by atoms with van der Waals surface area (Å²) in [5, 5.41) is 2.73. The van der Waals surface area contributed by atoms with E-state index < -0.39 is 9.84 Å². The molecule has 0 aromatic heterocycles. The van der Waals surface area contributed by atoms with Crippen LogP contribution in [0, 0.1) is 0 Å². The Hall–Kier alpha value is -1.73. The van der Waals surface area contributed by atoms with Crippen molar-refractivity contribution in [1.29, 1.82) is 0 Å². The predicted octanol–water partition coefficient (Wildman–Crippen LogP) is 0.948. The highest BCUT2D eigenvalue weighted by atomic mass is 32.2. The van der Waals surface area contributed by atoms with E-state index in [2.05, 4.69) is 5.32 Å². The molecule has 0 spiro atoms. The summed E-state index contributed by atoms with van der Waals surface area (Å²) in [5.74, 6) is -0.0902. The van der Waals surface area contributed by atoms with E-state index in [0.717, 1.165) is 0 Å². The van der Waals surface area contributed by atoms with Crippen LogP contribution in [0.3, 0.4) is 0 Å². The molecule has 6 nitrogen and oxygen atoms in total. The molecule has 1 aromatic rings. The molecular formula is C15H20N2O4S. The van der Waals surface area contributed by atoms with Gasteiger partial charge in [-0.15, -0.1) is 0 Å². The Morgan fingerprint density at radius 1 is 1.18 bits per heavy atom. The largest absolute Gasteiger partial charge is 0.324 e. The Kier molecular flexibility index (Phi) is 5.31. The lowest BCUT2D eigenvalue weighted by atomic mass is 10.1. The van der Waals surface area contributed by atoms with E-state index in [-0.39, 0.29) is 29.7 Å². The van der Waals surface area contributed by atoms with Crippen molar-refractivity contribution in [1.82, 2.24) is 4.90 Å².